The molecule has 0 aromatic heterocycles. The molecule has 0 aliphatic heterocycles. The normalized spacial score (nSPS) is 11.9. The zero-order chi connectivity index (χ0) is 17.1. The number of halogens is 3. The summed E-state index contributed by atoms with van der Waals surface area (Å²) >= 11 is 17.9. The monoisotopic (exact) mass is 371 g/mol. The molecule has 6 heteroatoms. The van der Waals surface area contributed by atoms with Gasteiger partial charge >= 0.3 is 0 Å². The van der Waals surface area contributed by atoms with Crippen molar-refractivity contribution in [2.24, 2.45) is 0 Å². The summed E-state index contributed by atoms with van der Waals surface area (Å²) in [6.07, 6.45) is -0.693. The number of nitrogens with one attached hydrogen (secondary N) is 1. The zero-order valence-corrected chi connectivity index (χ0v) is 15.2. The van der Waals surface area contributed by atoms with Crippen molar-refractivity contribution in [2.45, 2.75) is 26.9 Å². The van der Waals surface area contributed by atoms with Crippen LogP contribution in [-0.4, -0.2) is 12.0 Å². The van der Waals surface area contributed by atoms with Gasteiger partial charge in [0, 0.05) is 0 Å². The van der Waals surface area contributed by atoms with Crippen LogP contribution in [0, 0.1) is 13.8 Å². The maximum absolute atomic E-state index is 12.3. The van der Waals surface area contributed by atoms with Crippen molar-refractivity contribution in [3.63, 3.8) is 0 Å². The molecule has 0 heterocycles. The molecule has 3 nitrogen and oxygen atoms in total. The standard InChI is InChI=1S/C17H16Cl3NO2/c1-9-4-10(2)6-12(5-9)23-11(3)17(22)21-16-8-14(19)13(18)7-15(16)20/h4-8,11H,1-3H3,(H,21,22)/t11-/m1/s1. The topological polar surface area (TPSA) is 38.3 Å². The van der Waals surface area contributed by atoms with Crippen LogP contribution in [0.5, 0.6) is 5.75 Å². The van der Waals surface area contributed by atoms with Gasteiger partial charge in [-0.2, -0.15) is 0 Å². The molecule has 1 atom stereocenters. The molecule has 0 saturated carbocycles. The number of carbonyl (C=O) groups is 1. The number of hydrogen-bond acceptors (Lipinski definition) is 2. The highest BCUT2D eigenvalue weighted by Crippen LogP contribution is 2.32. The Bertz CT molecular complexity index is 727. The molecule has 122 valence electrons. The molecule has 1 N–H and O–H groups in total. The van der Waals surface area contributed by atoms with Crippen molar-refractivity contribution in [1.29, 1.82) is 0 Å². The lowest BCUT2D eigenvalue weighted by Gasteiger charge is -2.16. The Labute approximate surface area is 150 Å². The summed E-state index contributed by atoms with van der Waals surface area (Å²) in [5.74, 6) is 0.315. The molecule has 0 aliphatic carbocycles. The number of aryl methyl sites for hydroxylation is 2. The van der Waals surface area contributed by atoms with E-state index in [0.29, 0.717) is 26.5 Å². The van der Waals surface area contributed by atoms with Crippen LogP contribution in [-0.2, 0) is 4.79 Å². The largest absolute Gasteiger partial charge is 0.481 e. The average Bonchev–Trinajstić information content (AvgIpc) is 2.43. The van der Waals surface area contributed by atoms with Gasteiger partial charge in [-0.25, -0.2) is 0 Å². The van der Waals surface area contributed by atoms with Crippen LogP contribution in [0.25, 0.3) is 0 Å². The molecule has 0 saturated heterocycles. The van der Waals surface area contributed by atoms with Crippen molar-refractivity contribution < 1.29 is 9.53 Å². The first-order valence-corrected chi connectivity index (χ1v) is 8.10. The molecule has 0 radical (unpaired) electrons. The third kappa shape index (κ3) is 4.77. The van der Waals surface area contributed by atoms with Crippen molar-refractivity contribution in [2.75, 3.05) is 5.32 Å². The van der Waals surface area contributed by atoms with E-state index in [2.05, 4.69) is 5.32 Å². The van der Waals surface area contributed by atoms with Crippen molar-refractivity contribution in [1.82, 2.24) is 0 Å². The third-order valence-corrected chi connectivity index (χ3v) is 4.18. The number of carbonyl (C=O) groups excluding carboxylic acids is 1. The second-order valence-electron chi connectivity index (χ2n) is 5.32. The molecular weight excluding hydrogens is 357 g/mol. The molecule has 0 spiro atoms. The zero-order valence-electron chi connectivity index (χ0n) is 12.9. The smallest absolute Gasteiger partial charge is 0.265 e. The van der Waals surface area contributed by atoms with Gasteiger partial charge in [0.1, 0.15) is 5.75 Å². The predicted molar refractivity (Wildman–Crippen MR) is 96.1 cm³/mol. The van der Waals surface area contributed by atoms with Gasteiger partial charge in [0.2, 0.25) is 0 Å². The predicted octanol–water partition coefficient (Wildman–Crippen LogP) is 5.67. The summed E-state index contributed by atoms with van der Waals surface area (Å²) in [6.45, 7) is 5.61. The van der Waals surface area contributed by atoms with Gasteiger partial charge in [0.25, 0.3) is 5.91 Å². The molecular formula is C17H16Cl3NO2. The fourth-order valence-corrected chi connectivity index (χ4v) is 2.71. The van der Waals surface area contributed by atoms with E-state index in [-0.39, 0.29) is 5.91 Å². The van der Waals surface area contributed by atoms with Gasteiger partial charge in [-0.05, 0) is 56.2 Å². The summed E-state index contributed by atoms with van der Waals surface area (Å²) in [4.78, 5) is 12.3. The Morgan fingerprint density at radius 3 is 2.13 bits per heavy atom. The van der Waals surface area contributed by atoms with Crippen LogP contribution in [0.4, 0.5) is 5.69 Å². The lowest BCUT2D eigenvalue weighted by molar-refractivity contribution is -0.122. The van der Waals surface area contributed by atoms with Crippen LogP contribution < -0.4 is 10.1 Å². The minimum absolute atomic E-state index is 0.311. The average molecular weight is 373 g/mol. The van der Waals surface area contributed by atoms with E-state index in [4.69, 9.17) is 39.5 Å². The quantitative estimate of drug-likeness (QED) is 0.702. The van der Waals surface area contributed by atoms with E-state index in [0.717, 1.165) is 11.1 Å². The second kappa shape index (κ2) is 7.43. The van der Waals surface area contributed by atoms with Gasteiger partial charge in [0.15, 0.2) is 6.10 Å². The van der Waals surface area contributed by atoms with Gasteiger partial charge in [-0.15, -0.1) is 0 Å². The minimum Gasteiger partial charge on any atom is -0.481 e. The molecule has 0 unspecified atom stereocenters. The van der Waals surface area contributed by atoms with E-state index < -0.39 is 6.10 Å². The number of hydrogen-bond donors (Lipinski definition) is 1. The van der Waals surface area contributed by atoms with Crippen molar-refractivity contribution >= 4 is 46.4 Å². The van der Waals surface area contributed by atoms with E-state index in [1.807, 2.05) is 32.0 Å². The summed E-state index contributed by atoms with van der Waals surface area (Å²) in [6, 6.07) is 8.78. The lowest BCUT2D eigenvalue weighted by Crippen LogP contribution is -2.30. The van der Waals surface area contributed by atoms with E-state index in [9.17, 15) is 4.79 Å². The molecule has 2 aromatic carbocycles. The van der Waals surface area contributed by atoms with E-state index in [1.165, 1.54) is 12.1 Å². The lowest BCUT2D eigenvalue weighted by atomic mass is 10.1. The number of benzene rings is 2. The molecule has 23 heavy (non-hydrogen) atoms. The summed E-state index contributed by atoms with van der Waals surface area (Å²) < 4.78 is 5.69. The first-order valence-electron chi connectivity index (χ1n) is 6.96. The fourth-order valence-electron chi connectivity index (χ4n) is 2.11. The van der Waals surface area contributed by atoms with Crippen LogP contribution >= 0.6 is 34.8 Å². The Balaban J connectivity index is 2.09. The molecule has 1 amide bonds. The minimum atomic E-state index is -0.693. The molecule has 0 aliphatic rings. The first kappa shape index (κ1) is 17.9. The van der Waals surface area contributed by atoms with Gasteiger partial charge in [-0.3, -0.25) is 4.79 Å². The van der Waals surface area contributed by atoms with Crippen LogP contribution in [0.1, 0.15) is 18.1 Å². The van der Waals surface area contributed by atoms with Gasteiger partial charge in [0.05, 0.1) is 20.8 Å². The highest BCUT2D eigenvalue weighted by Gasteiger charge is 2.17. The molecule has 0 fully saturated rings. The summed E-state index contributed by atoms with van der Waals surface area (Å²) in [5, 5.41) is 3.64. The Hall–Kier alpha value is -1.42. The number of anilines is 1. The number of amides is 1. The van der Waals surface area contributed by atoms with Gasteiger partial charge < -0.3 is 10.1 Å². The summed E-state index contributed by atoms with van der Waals surface area (Å²) in [7, 11) is 0. The Morgan fingerprint density at radius 1 is 0.957 bits per heavy atom. The fraction of sp³-hybridized carbons (Fsp3) is 0.235. The third-order valence-electron chi connectivity index (χ3n) is 3.15. The van der Waals surface area contributed by atoms with E-state index in [1.54, 1.807) is 6.92 Å². The second-order valence-corrected chi connectivity index (χ2v) is 6.54. The maximum atomic E-state index is 12.3. The molecule has 2 aromatic rings. The molecule has 0 bridgehead atoms. The number of ether oxygens (including phenoxy) is 1. The van der Waals surface area contributed by atoms with Crippen LogP contribution in [0.2, 0.25) is 15.1 Å². The number of rotatable bonds is 4. The van der Waals surface area contributed by atoms with Crippen molar-refractivity contribution in [3.8, 4) is 5.75 Å². The maximum Gasteiger partial charge on any atom is 0.265 e. The van der Waals surface area contributed by atoms with Crippen LogP contribution in [0.3, 0.4) is 0 Å². The first-order chi connectivity index (χ1) is 10.8. The van der Waals surface area contributed by atoms with E-state index >= 15 is 0 Å². The van der Waals surface area contributed by atoms with Crippen molar-refractivity contribution in [3.05, 3.63) is 56.5 Å². The Kier molecular flexibility index (Phi) is 5.79. The summed E-state index contributed by atoms with van der Waals surface area (Å²) in [5.41, 5.74) is 2.53. The Morgan fingerprint density at radius 2 is 1.52 bits per heavy atom. The SMILES string of the molecule is Cc1cc(C)cc(O[C@H](C)C(=O)Nc2cc(Cl)c(Cl)cc2Cl)c1. The highest BCUT2D eigenvalue weighted by atomic mass is 35.5. The highest BCUT2D eigenvalue weighted by molar-refractivity contribution is 6.44. The molecule has 2 rings (SSSR count). The van der Waals surface area contributed by atoms with Gasteiger partial charge in [-0.1, -0.05) is 40.9 Å². The van der Waals surface area contributed by atoms with Crippen LogP contribution in [0.15, 0.2) is 30.3 Å².